The summed E-state index contributed by atoms with van der Waals surface area (Å²) in [4.78, 5) is 2.39. The van der Waals surface area contributed by atoms with Gasteiger partial charge in [-0.05, 0) is 43.9 Å². The van der Waals surface area contributed by atoms with Gasteiger partial charge in [0.2, 0.25) is 0 Å². The standard InChI is InChI=1S/C16H31NO3/c1-11(2)13-4-5-16(19)14(6-13)7-17-8-15(9-18)20-10-12(17)3/h11-16,18-19H,4-10H2,1-3H3. The van der Waals surface area contributed by atoms with E-state index in [1.54, 1.807) is 0 Å². The maximum absolute atomic E-state index is 10.3. The van der Waals surface area contributed by atoms with E-state index in [0.717, 1.165) is 38.3 Å². The van der Waals surface area contributed by atoms with Crippen LogP contribution in [0, 0.1) is 17.8 Å². The number of aliphatic hydroxyl groups is 2. The van der Waals surface area contributed by atoms with Gasteiger partial charge in [0.25, 0.3) is 0 Å². The Kier molecular flexibility index (Phi) is 5.84. The van der Waals surface area contributed by atoms with Crippen molar-refractivity contribution >= 4 is 0 Å². The third-order valence-electron chi connectivity index (χ3n) is 5.23. The van der Waals surface area contributed by atoms with Crippen molar-refractivity contribution in [3.8, 4) is 0 Å². The van der Waals surface area contributed by atoms with Crippen LogP contribution in [0.25, 0.3) is 0 Å². The molecule has 0 aromatic carbocycles. The van der Waals surface area contributed by atoms with E-state index in [1.807, 2.05) is 0 Å². The molecule has 5 unspecified atom stereocenters. The first-order chi connectivity index (χ1) is 9.51. The van der Waals surface area contributed by atoms with Crippen LogP contribution in [0.1, 0.15) is 40.0 Å². The molecular weight excluding hydrogens is 254 g/mol. The van der Waals surface area contributed by atoms with Gasteiger partial charge >= 0.3 is 0 Å². The Labute approximate surface area is 123 Å². The molecule has 1 heterocycles. The lowest BCUT2D eigenvalue weighted by Gasteiger charge is -2.42. The molecule has 0 aromatic heterocycles. The predicted octanol–water partition coefficient (Wildman–Crippen LogP) is 1.50. The maximum Gasteiger partial charge on any atom is 0.0933 e. The zero-order valence-electron chi connectivity index (χ0n) is 13.2. The van der Waals surface area contributed by atoms with Gasteiger partial charge in [-0.2, -0.15) is 0 Å². The van der Waals surface area contributed by atoms with Crippen molar-refractivity contribution in [2.45, 2.75) is 58.3 Å². The minimum absolute atomic E-state index is 0.0622. The molecule has 1 saturated carbocycles. The van der Waals surface area contributed by atoms with E-state index in [9.17, 15) is 10.2 Å². The highest BCUT2D eigenvalue weighted by molar-refractivity contribution is 4.86. The van der Waals surface area contributed by atoms with Crippen molar-refractivity contribution < 1.29 is 14.9 Å². The quantitative estimate of drug-likeness (QED) is 0.822. The summed E-state index contributed by atoms with van der Waals surface area (Å²) in [6, 6.07) is 0.379. The van der Waals surface area contributed by atoms with Crippen LogP contribution >= 0.6 is 0 Å². The zero-order chi connectivity index (χ0) is 14.7. The number of rotatable bonds is 4. The van der Waals surface area contributed by atoms with Crippen molar-refractivity contribution in [3.63, 3.8) is 0 Å². The fourth-order valence-electron chi connectivity index (χ4n) is 3.63. The highest BCUT2D eigenvalue weighted by atomic mass is 16.5. The van der Waals surface area contributed by atoms with E-state index in [1.165, 1.54) is 0 Å². The third kappa shape index (κ3) is 3.94. The summed E-state index contributed by atoms with van der Waals surface area (Å²) in [5.74, 6) is 1.82. The molecular formula is C16H31NO3. The zero-order valence-corrected chi connectivity index (χ0v) is 13.2. The van der Waals surface area contributed by atoms with E-state index in [2.05, 4.69) is 25.7 Å². The van der Waals surface area contributed by atoms with Crippen LogP contribution in [0.2, 0.25) is 0 Å². The highest BCUT2D eigenvalue weighted by Crippen LogP contribution is 2.34. The van der Waals surface area contributed by atoms with Crippen molar-refractivity contribution in [2.24, 2.45) is 17.8 Å². The second-order valence-electron chi connectivity index (χ2n) is 7.09. The van der Waals surface area contributed by atoms with Gasteiger partial charge in [0, 0.05) is 19.1 Å². The van der Waals surface area contributed by atoms with E-state index >= 15 is 0 Å². The fourth-order valence-corrected chi connectivity index (χ4v) is 3.63. The topological polar surface area (TPSA) is 52.9 Å². The maximum atomic E-state index is 10.3. The molecule has 0 spiro atoms. The van der Waals surface area contributed by atoms with Crippen LogP contribution in [-0.4, -0.2) is 59.7 Å². The molecule has 118 valence electrons. The molecule has 2 N–H and O–H groups in total. The largest absolute Gasteiger partial charge is 0.394 e. The fraction of sp³-hybridized carbons (Fsp3) is 1.00. The van der Waals surface area contributed by atoms with Crippen molar-refractivity contribution in [1.82, 2.24) is 4.90 Å². The van der Waals surface area contributed by atoms with E-state index in [-0.39, 0.29) is 18.8 Å². The lowest BCUT2D eigenvalue weighted by molar-refractivity contribution is -0.0908. The third-order valence-corrected chi connectivity index (χ3v) is 5.23. The minimum Gasteiger partial charge on any atom is -0.394 e. The Morgan fingerprint density at radius 3 is 2.70 bits per heavy atom. The van der Waals surface area contributed by atoms with Crippen LogP contribution < -0.4 is 0 Å². The average molecular weight is 285 g/mol. The second kappa shape index (κ2) is 7.21. The molecule has 0 radical (unpaired) electrons. The minimum atomic E-state index is -0.160. The lowest BCUT2D eigenvalue weighted by atomic mass is 9.74. The normalized spacial score (nSPS) is 40.2. The van der Waals surface area contributed by atoms with E-state index in [0.29, 0.717) is 24.5 Å². The molecule has 5 atom stereocenters. The first kappa shape index (κ1) is 16.2. The summed E-state index contributed by atoms with van der Waals surface area (Å²) in [5.41, 5.74) is 0. The number of hydrogen-bond donors (Lipinski definition) is 2. The van der Waals surface area contributed by atoms with Crippen molar-refractivity contribution in [3.05, 3.63) is 0 Å². The monoisotopic (exact) mass is 285 g/mol. The summed E-state index contributed by atoms with van der Waals surface area (Å²) >= 11 is 0. The number of morpholine rings is 1. The Hall–Kier alpha value is -0.160. The van der Waals surface area contributed by atoms with Gasteiger partial charge in [0.1, 0.15) is 0 Å². The van der Waals surface area contributed by atoms with Crippen molar-refractivity contribution in [2.75, 3.05) is 26.3 Å². The summed E-state index contributed by atoms with van der Waals surface area (Å²) in [7, 11) is 0. The van der Waals surface area contributed by atoms with Crippen LogP contribution in [0.4, 0.5) is 0 Å². The number of nitrogens with zero attached hydrogens (tertiary/aromatic N) is 1. The Bertz CT molecular complexity index is 297. The molecule has 1 saturated heterocycles. The predicted molar refractivity (Wildman–Crippen MR) is 79.5 cm³/mol. The number of ether oxygens (including phenoxy) is 1. The highest BCUT2D eigenvalue weighted by Gasteiger charge is 2.34. The molecule has 4 nitrogen and oxygen atoms in total. The summed E-state index contributed by atoms with van der Waals surface area (Å²) in [6.07, 6.45) is 3.01. The molecule has 0 aromatic rings. The molecule has 1 aliphatic carbocycles. The molecule has 20 heavy (non-hydrogen) atoms. The van der Waals surface area contributed by atoms with Crippen LogP contribution in [0.5, 0.6) is 0 Å². The molecule has 2 rings (SSSR count). The van der Waals surface area contributed by atoms with Crippen LogP contribution in [-0.2, 0) is 4.74 Å². The van der Waals surface area contributed by atoms with Gasteiger partial charge in [-0.25, -0.2) is 0 Å². The van der Waals surface area contributed by atoms with Crippen molar-refractivity contribution in [1.29, 1.82) is 0 Å². The first-order valence-electron chi connectivity index (χ1n) is 8.15. The Balaban J connectivity index is 1.92. The molecule has 0 amide bonds. The number of hydrogen-bond acceptors (Lipinski definition) is 4. The Morgan fingerprint density at radius 1 is 1.30 bits per heavy atom. The van der Waals surface area contributed by atoms with Crippen LogP contribution in [0.3, 0.4) is 0 Å². The summed E-state index contributed by atoms with van der Waals surface area (Å²) < 4.78 is 5.59. The van der Waals surface area contributed by atoms with E-state index < -0.39 is 0 Å². The molecule has 4 heteroatoms. The van der Waals surface area contributed by atoms with Gasteiger partial charge in [0.15, 0.2) is 0 Å². The van der Waals surface area contributed by atoms with Gasteiger partial charge < -0.3 is 14.9 Å². The smallest absolute Gasteiger partial charge is 0.0933 e. The van der Waals surface area contributed by atoms with Gasteiger partial charge in [-0.1, -0.05) is 13.8 Å². The second-order valence-corrected chi connectivity index (χ2v) is 7.09. The molecule has 1 aliphatic heterocycles. The summed E-state index contributed by atoms with van der Waals surface area (Å²) in [6.45, 7) is 9.24. The first-order valence-corrected chi connectivity index (χ1v) is 8.15. The molecule has 2 fully saturated rings. The SMILES string of the molecule is CC(C)C1CCC(O)C(CN2CC(CO)OCC2C)C1. The van der Waals surface area contributed by atoms with Gasteiger partial charge in [-0.15, -0.1) is 0 Å². The average Bonchev–Trinajstić information content (AvgIpc) is 2.43. The van der Waals surface area contributed by atoms with Gasteiger partial charge in [-0.3, -0.25) is 4.90 Å². The Morgan fingerprint density at radius 2 is 2.05 bits per heavy atom. The van der Waals surface area contributed by atoms with Crippen LogP contribution in [0.15, 0.2) is 0 Å². The lowest BCUT2D eigenvalue weighted by Crippen LogP contribution is -2.52. The molecule has 0 bridgehead atoms. The van der Waals surface area contributed by atoms with E-state index in [4.69, 9.17) is 4.74 Å². The number of aliphatic hydroxyl groups excluding tert-OH is 2. The molecule has 2 aliphatic rings. The summed E-state index contributed by atoms with van der Waals surface area (Å²) in [5, 5.41) is 19.6. The van der Waals surface area contributed by atoms with Gasteiger partial charge in [0.05, 0.1) is 25.4 Å².